The van der Waals surface area contributed by atoms with Crippen LogP contribution in [0.3, 0.4) is 0 Å². The molecule has 37 heavy (non-hydrogen) atoms. The van der Waals surface area contributed by atoms with E-state index in [1.165, 1.54) is 6.20 Å². The maximum absolute atomic E-state index is 13.4. The van der Waals surface area contributed by atoms with Gasteiger partial charge in [-0.3, -0.25) is 9.59 Å². The highest BCUT2D eigenvalue weighted by atomic mass is 32.1. The number of nitrogens with two attached hydrogens (primary N) is 1. The van der Waals surface area contributed by atoms with Crippen LogP contribution in [-0.2, 0) is 22.4 Å². The number of carbonyl (C=O) groups excluding carboxylic acids is 2. The molecule has 4 rings (SSSR count). The molecule has 1 fully saturated rings. The maximum atomic E-state index is 13.4. The normalized spacial score (nSPS) is 18.4. The Balaban J connectivity index is 1.56. The number of aromatic nitrogens is 2. The van der Waals surface area contributed by atoms with Crippen molar-refractivity contribution in [1.82, 2.24) is 19.8 Å². The lowest BCUT2D eigenvalue weighted by Gasteiger charge is -2.38. The molecule has 198 valence electrons. The van der Waals surface area contributed by atoms with Crippen molar-refractivity contribution in [3.8, 4) is 0 Å². The van der Waals surface area contributed by atoms with Gasteiger partial charge in [-0.1, -0.05) is 19.9 Å². The molecule has 3 N–H and O–H groups in total. The molecule has 1 aromatic carbocycles. The van der Waals surface area contributed by atoms with Crippen molar-refractivity contribution >= 4 is 44.9 Å². The van der Waals surface area contributed by atoms with Gasteiger partial charge in [0.05, 0.1) is 33.2 Å². The fourth-order valence-corrected chi connectivity index (χ4v) is 5.88. The second-order valence-corrected chi connectivity index (χ2v) is 12.1. The summed E-state index contributed by atoms with van der Waals surface area (Å²) in [7, 11) is 4.17. The summed E-state index contributed by atoms with van der Waals surface area (Å²) in [6.07, 6.45) is 4.84. The lowest BCUT2D eigenvalue weighted by molar-refractivity contribution is -0.146. The lowest BCUT2D eigenvalue weighted by atomic mass is 9.89. The topological polar surface area (TPSA) is 104 Å². The van der Waals surface area contributed by atoms with Crippen molar-refractivity contribution in [3.63, 3.8) is 0 Å². The van der Waals surface area contributed by atoms with Crippen LogP contribution in [0.5, 0.6) is 0 Å². The van der Waals surface area contributed by atoms with Gasteiger partial charge in [0.25, 0.3) is 0 Å². The Morgan fingerprint density at radius 3 is 2.70 bits per heavy atom. The van der Waals surface area contributed by atoms with Crippen LogP contribution in [0.4, 0.5) is 11.5 Å². The van der Waals surface area contributed by atoms with Gasteiger partial charge in [-0.25, -0.2) is 9.97 Å². The number of likely N-dealkylation sites (tertiary alicyclic amines) is 1. The molecule has 9 heteroatoms. The second kappa shape index (κ2) is 10.8. The number of anilines is 2. The number of piperidine rings is 1. The fraction of sp³-hybridized carbons (Fsp3) is 0.500. The first-order valence-electron chi connectivity index (χ1n) is 12.9. The average Bonchev–Trinajstić information content (AvgIpc) is 3.25. The predicted molar refractivity (Wildman–Crippen MR) is 151 cm³/mol. The molecule has 3 aromatic rings. The van der Waals surface area contributed by atoms with Crippen LogP contribution in [0, 0.1) is 5.92 Å². The standard InChI is InChI=1S/C28H38N6O2S/c1-7-18-12-20(15-30-25(18)29)31-26(35)27(36)34-16-17(2)8-10-22(34)19-9-11-23-21(13-19)32-24(37-23)14-28(3,4)33(5)6/h9,11-13,15,17,22H,7-8,10,14,16H2,1-6H3,(H2,29,30)(H,31,35)/t17-,22+/m0/s1. The van der Waals surface area contributed by atoms with Crippen LogP contribution >= 0.6 is 11.3 Å². The zero-order valence-corrected chi connectivity index (χ0v) is 23.5. The van der Waals surface area contributed by atoms with E-state index < -0.39 is 11.8 Å². The molecule has 8 nitrogen and oxygen atoms in total. The van der Waals surface area contributed by atoms with E-state index in [-0.39, 0.29) is 11.6 Å². The molecule has 1 aliphatic rings. The molecule has 1 saturated heterocycles. The molecule has 0 saturated carbocycles. The number of rotatable bonds is 6. The van der Waals surface area contributed by atoms with E-state index in [1.54, 1.807) is 22.3 Å². The number of likely N-dealkylation sites (N-methyl/N-ethyl adjacent to an activating group) is 1. The Morgan fingerprint density at radius 1 is 1.24 bits per heavy atom. The number of nitrogen functional groups attached to an aromatic ring is 1. The first kappa shape index (κ1) is 27.0. The van der Waals surface area contributed by atoms with Crippen LogP contribution in [0.15, 0.2) is 30.5 Å². The van der Waals surface area contributed by atoms with Crippen molar-refractivity contribution in [2.45, 2.75) is 65.0 Å². The minimum atomic E-state index is -0.657. The van der Waals surface area contributed by atoms with Gasteiger partial charge in [-0.15, -0.1) is 11.3 Å². The first-order valence-corrected chi connectivity index (χ1v) is 13.7. The maximum Gasteiger partial charge on any atom is 0.313 e. The molecule has 0 aliphatic carbocycles. The molecule has 0 spiro atoms. The summed E-state index contributed by atoms with van der Waals surface area (Å²) in [5, 5.41) is 3.82. The molecule has 2 atom stereocenters. The molecule has 3 heterocycles. The predicted octanol–water partition coefficient (Wildman–Crippen LogP) is 4.66. The molecule has 0 unspecified atom stereocenters. The minimum Gasteiger partial charge on any atom is -0.383 e. The third-order valence-corrected chi connectivity index (χ3v) is 8.58. The smallest absolute Gasteiger partial charge is 0.313 e. The molecule has 2 amide bonds. The van der Waals surface area contributed by atoms with Crippen LogP contribution in [0.2, 0.25) is 0 Å². The number of thiazole rings is 1. The van der Waals surface area contributed by atoms with Crippen LogP contribution in [-0.4, -0.2) is 57.8 Å². The summed E-state index contributed by atoms with van der Waals surface area (Å²) < 4.78 is 1.13. The number of nitrogens with one attached hydrogen (secondary N) is 1. The van der Waals surface area contributed by atoms with E-state index in [0.29, 0.717) is 30.4 Å². The molecular formula is C28H38N6O2S. The van der Waals surface area contributed by atoms with Gasteiger partial charge in [0, 0.05) is 18.5 Å². The van der Waals surface area contributed by atoms with Crippen LogP contribution < -0.4 is 11.1 Å². The van der Waals surface area contributed by atoms with Gasteiger partial charge in [0.1, 0.15) is 5.82 Å². The summed E-state index contributed by atoms with van der Waals surface area (Å²) in [6.45, 7) is 9.05. The SMILES string of the molecule is CCc1cc(NC(=O)C(=O)N2C[C@@H](C)CC[C@@H]2c2ccc3sc(CC(C)(C)N(C)C)nc3c2)cnc1N. The van der Waals surface area contributed by atoms with Crippen molar-refractivity contribution in [2.24, 2.45) is 5.92 Å². The van der Waals surface area contributed by atoms with Crippen LogP contribution in [0.25, 0.3) is 10.2 Å². The van der Waals surface area contributed by atoms with Crippen molar-refractivity contribution in [2.75, 3.05) is 31.7 Å². The number of nitrogens with zero attached hydrogens (tertiary/aromatic N) is 4. The zero-order chi connectivity index (χ0) is 26.9. The van der Waals surface area contributed by atoms with Crippen molar-refractivity contribution in [1.29, 1.82) is 0 Å². The minimum absolute atomic E-state index is 0.00464. The number of pyridine rings is 1. The van der Waals surface area contributed by atoms with Gasteiger partial charge in [-0.2, -0.15) is 0 Å². The second-order valence-electron chi connectivity index (χ2n) is 11.0. The number of aryl methyl sites for hydroxylation is 1. The summed E-state index contributed by atoms with van der Waals surface area (Å²) in [5.74, 6) is -0.433. The monoisotopic (exact) mass is 522 g/mol. The number of carbonyl (C=O) groups is 2. The molecule has 1 aliphatic heterocycles. The van der Waals surface area contributed by atoms with Gasteiger partial charge in [0.15, 0.2) is 0 Å². The quantitative estimate of drug-likeness (QED) is 0.457. The summed E-state index contributed by atoms with van der Waals surface area (Å²) >= 11 is 1.72. The lowest BCUT2D eigenvalue weighted by Crippen LogP contribution is -2.46. The van der Waals surface area contributed by atoms with E-state index in [1.807, 2.05) is 6.92 Å². The Morgan fingerprint density at radius 2 is 2.00 bits per heavy atom. The van der Waals surface area contributed by atoms with E-state index in [2.05, 4.69) is 68.3 Å². The largest absolute Gasteiger partial charge is 0.383 e. The average molecular weight is 523 g/mol. The zero-order valence-electron chi connectivity index (χ0n) is 22.7. The van der Waals surface area contributed by atoms with E-state index in [4.69, 9.17) is 10.7 Å². The van der Waals surface area contributed by atoms with E-state index in [0.717, 1.165) is 45.6 Å². The van der Waals surface area contributed by atoms with Gasteiger partial charge >= 0.3 is 11.8 Å². The van der Waals surface area contributed by atoms with E-state index in [9.17, 15) is 9.59 Å². The number of hydrogen-bond acceptors (Lipinski definition) is 7. The summed E-state index contributed by atoms with van der Waals surface area (Å²) in [4.78, 5) is 39.4. The van der Waals surface area contributed by atoms with Gasteiger partial charge in [0.2, 0.25) is 0 Å². The Bertz CT molecular complexity index is 1300. The molecule has 0 bridgehead atoms. The van der Waals surface area contributed by atoms with Crippen molar-refractivity contribution < 1.29 is 9.59 Å². The highest BCUT2D eigenvalue weighted by Crippen LogP contribution is 2.36. The highest BCUT2D eigenvalue weighted by Gasteiger charge is 2.34. The Kier molecular flexibility index (Phi) is 7.85. The molecular weight excluding hydrogens is 484 g/mol. The number of hydrogen-bond donors (Lipinski definition) is 2. The summed E-state index contributed by atoms with van der Waals surface area (Å²) in [6, 6.07) is 7.88. The third-order valence-electron chi connectivity index (χ3n) is 7.55. The molecule has 0 radical (unpaired) electrons. The van der Waals surface area contributed by atoms with Crippen molar-refractivity contribution in [3.05, 3.63) is 46.6 Å². The Hall–Kier alpha value is -3.04. The van der Waals surface area contributed by atoms with E-state index >= 15 is 0 Å². The van der Waals surface area contributed by atoms with Gasteiger partial charge in [-0.05, 0) is 82.4 Å². The molecule has 2 aromatic heterocycles. The van der Waals surface area contributed by atoms with Crippen LogP contribution in [0.1, 0.15) is 62.7 Å². The number of amides is 2. The first-order chi connectivity index (χ1) is 17.5. The third kappa shape index (κ3) is 5.93. The Labute approximate surface area is 223 Å². The number of benzene rings is 1. The summed E-state index contributed by atoms with van der Waals surface area (Å²) in [5.41, 5.74) is 9.16. The number of fused-ring (bicyclic) bond motifs is 1. The fourth-order valence-electron chi connectivity index (χ4n) is 4.71. The van der Waals surface area contributed by atoms with Gasteiger partial charge < -0.3 is 20.9 Å². The highest BCUT2D eigenvalue weighted by molar-refractivity contribution is 7.18.